The highest BCUT2D eigenvalue weighted by Gasteiger charge is 2.36. The Balaban J connectivity index is 0.000000114. The van der Waals surface area contributed by atoms with Crippen LogP contribution in [0.2, 0.25) is 5.02 Å². The molecule has 0 unspecified atom stereocenters. The van der Waals surface area contributed by atoms with Gasteiger partial charge in [-0.15, -0.1) is 0 Å². The summed E-state index contributed by atoms with van der Waals surface area (Å²) in [5.41, 5.74) is 14.8. The van der Waals surface area contributed by atoms with Crippen LogP contribution in [0.1, 0.15) is 74.9 Å². The van der Waals surface area contributed by atoms with Crippen molar-refractivity contribution in [2.75, 3.05) is 7.11 Å². The van der Waals surface area contributed by atoms with Gasteiger partial charge in [-0.3, -0.25) is 37.4 Å². The molecule has 21 nitrogen and oxygen atoms in total. The second-order valence-electron chi connectivity index (χ2n) is 35.3. The van der Waals surface area contributed by atoms with E-state index in [1.807, 2.05) is 213 Å². The van der Waals surface area contributed by atoms with Crippen molar-refractivity contribution in [3.05, 3.63) is 459 Å². The molecular weight excluding hydrogens is 1930 g/mol. The van der Waals surface area contributed by atoms with E-state index in [1.54, 1.807) is 80.0 Å². The minimum atomic E-state index is -0.774. The molecule has 0 radical (unpaired) electrons. The first kappa shape index (κ1) is 95.1. The van der Waals surface area contributed by atoms with Gasteiger partial charge in [0.25, 0.3) is 22.2 Å². The fourth-order valence-electron chi connectivity index (χ4n) is 20.0. The van der Waals surface area contributed by atoms with Crippen LogP contribution in [0.5, 0.6) is 28.7 Å². The topological polar surface area (TPSA) is 299 Å². The normalized spacial score (nSPS) is 12.6. The smallest absolute Gasteiger partial charge is 0.354 e. The van der Waals surface area contributed by atoms with Crippen molar-refractivity contribution in [3.63, 3.8) is 0 Å². The maximum Gasteiger partial charge on any atom is 0.354 e. The zero-order chi connectivity index (χ0) is 100. The molecule has 145 heavy (non-hydrogen) atoms. The number of aromatic hydroxyl groups is 4. The molecule has 0 spiro atoms. The Morgan fingerprint density at radius 3 is 0.959 bits per heavy atom. The molecular formula is C118H86ClFN4O17S4. The summed E-state index contributed by atoms with van der Waals surface area (Å²) >= 11 is 10.1. The van der Waals surface area contributed by atoms with E-state index in [4.69, 9.17) is 34.0 Å². The van der Waals surface area contributed by atoms with E-state index >= 15 is 0 Å². The lowest BCUT2D eigenvalue weighted by atomic mass is 9.84. The zero-order valence-corrected chi connectivity index (χ0v) is 82.0. The molecule has 4 aliphatic carbocycles. The molecule has 0 saturated carbocycles. The van der Waals surface area contributed by atoms with Crippen LogP contribution in [0, 0.1) is 19.7 Å². The number of hydrogen-bond acceptors (Lipinski definition) is 21. The van der Waals surface area contributed by atoms with Crippen LogP contribution in [-0.2, 0) is 51.4 Å². The number of aryl methyl sites for hydroxylation is 9. The van der Waals surface area contributed by atoms with Gasteiger partial charge in [0.15, 0.2) is 45.3 Å². The van der Waals surface area contributed by atoms with Gasteiger partial charge in [0.1, 0.15) is 52.7 Å². The second kappa shape index (κ2) is 40.4. The maximum atomic E-state index is 14.2. The number of hydrogen-bond donors (Lipinski definition) is 4. The van der Waals surface area contributed by atoms with Crippen LogP contribution in [0.3, 0.4) is 0 Å². The average Bonchev–Trinajstić information content (AvgIpc) is 1.35. The van der Waals surface area contributed by atoms with Crippen LogP contribution in [0.4, 0.5) is 4.39 Å². The highest BCUT2D eigenvalue weighted by atomic mass is 35.5. The van der Waals surface area contributed by atoms with Gasteiger partial charge in [0.05, 0.1) is 29.9 Å². The van der Waals surface area contributed by atoms with Crippen LogP contribution in [0.15, 0.2) is 405 Å². The molecule has 718 valence electrons. The molecule has 8 heterocycles. The quantitative estimate of drug-likeness (QED) is 0.0834. The first-order chi connectivity index (χ1) is 70.5. The standard InChI is InChI=1S/C30H22FNO4S.C30H23NO5S.C29H20ClNO4S.C29H21NO4S/c1-16-13-17(2)21-11-12-22-25(23(21)14-16)32(19-8-4-3-5-9-19)29(34)24-26(33)28(30(35)36-27(22)24)37-20-10-6-7-18(31)15-20;1-35-20-13-8-14-21(17-20)37-28-26(32)24-27(36-30(28)34)23-16-7-10-18-9-5-6-15-22(18)25(23)31(29(24)33)19-11-3-2-4-12-19;30-18-10-7-13-20(16-18)36-27-25(32)23-26(35-29(27)34)22-15-6-9-17-8-4-5-14-21(17)24(22)31(28(23)33)19-11-2-1-3-12-19;31-25-23-26(34-29(33)27(25)35-20-14-5-2-6-15-20)22-17-9-11-18-10-7-8-16-21(18)24(22)30(28(23)32)19-12-3-1-4-13-19/h3-10,13-15,33H,11-12H2,1-2H3;2-6,8-9,11-15,17,32H,7,10,16H2,1H3;1-5,7-8,10-14,16,32H,6,9,15H2;1-8,10,12-16,31H,9,11,17H2. The van der Waals surface area contributed by atoms with Crippen molar-refractivity contribution < 1.29 is 47.2 Å². The Hall–Kier alpha value is -16.1. The summed E-state index contributed by atoms with van der Waals surface area (Å²) in [6.07, 6.45) is 8.01. The predicted molar refractivity (Wildman–Crippen MR) is 567 cm³/mol. The highest BCUT2D eigenvalue weighted by Crippen LogP contribution is 2.49. The summed E-state index contributed by atoms with van der Waals surface area (Å²) in [6, 6.07) is 94.5. The number of pyridine rings is 4. The van der Waals surface area contributed by atoms with Crippen molar-refractivity contribution in [2.45, 2.75) is 124 Å². The van der Waals surface area contributed by atoms with Crippen molar-refractivity contribution in [2.24, 2.45) is 0 Å². The summed E-state index contributed by atoms with van der Waals surface area (Å²) in [6.45, 7) is 4.07. The van der Waals surface area contributed by atoms with Crippen molar-refractivity contribution in [1.82, 2.24) is 18.3 Å². The summed E-state index contributed by atoms with van der Waals surface area (Å²) < 4.78 is 48.9. The lowest BCUT2D eigenvalue weighted by molar-refractivity contribution is 0.413. The molecule has 27 heteroatoms. The minimum Gasteiger partial charge on any atom is -0.505 e. The van der Waals surface area contributed by atoms with Gasteiger partial charge in [0, 0.05) is 91.9 Å². The Bertz CT molecular complexity index is 9170. The third kappa shape index (κ3) is 18.0. The van der Waals surface area contributed by atoms with Crippen molar-refractivity contribution >= 4 is 103 Å². The molecule has 4 aliphatic rings. The van der Waals surface area contributed by atoms with E-state index in [1.165, 1.54) is 18.2 Å². The van der Waals surface area contributed by atoms with Gasteiger partial charge in [-0.05, 0) is 234 Å². The zero-order valence-electron chi connectivity index (χ0n) is 78.0. The van der Waals surface area contributed by atoms with E-state index in [9.17, 15) is 63.2 Å². The maximum absolute atomic E-state index is 14.2. The van der Waals surface area contributed by atoms with E-state index in [2.05, 4.69) is 37.3 Å². The lowest BCUT2D eigenvalue weighted by Crippen LogP contribution is -2.26. The monoisotopic (exact) mass is 2010 g/mol. The van der Waals surface area contributed by atoms with Gasteiger partial charge in [-0.25, -0.2) is 23.6 Å². The SMILES string of the molecule is COc1cccc(Sc2c(O)c3c(=O)n(-c4ccccc4)c4c(c3oc2=O)CCCc2ccccc2-4)c1.Cc1cc(C)c2c(c1)-c1c(c3oc(=O)c(Sc4cccc(F)c4)c(O)c3c(=O)n1-c1ccccc1)CC2.O=c1oc2c3c(n(-c4ccccc4)c(=O)c2c(O)c1Sc1cccc(Cl)c1)-c1ccccc1CCC3.O=c1oc2c3c(n(-c4ccccc4)c(=O)c2c(O)c1Sc1ccccc1)-c1ccccc1CCC3. The number of fused-ring (bicyclic) bond motifs is 20. The summed E-state index contributed by atoms with van der Waals surface area (Å²) in [5.74, 6) is -1.39. The van der Waals surface area contributed by atoms with E-state index in [-0.39, 0.29) is 80.7 Å². The molecule has 0 atom stereocenters. The molecule has 20 aromatic rings. The van der Waals surface area contributed by atoms with Gasteiger partial charge in [-0.2, -0.15) is 0 Å². The molecule has 24 rings (SSSR count). The first-order valence-corrected chi connectivity index (χ1v) is 50.6. The average molecular weight is 2010 g/mol. The Morgan fingerprint density at radius 1 is 0.303 bits per heavy atom. The van der Waals surface area contributed by atoms with Crippen LogP contribution in [0.25, 0.3) is 112 Å². The summed E-state index contributed by atoms with van der Waals surface area (Å²) in [4.78, 5) is 111. The number of methoxy groups -OCH3 is 1. The fourth-order valence-corrected chi connectivity index (χ4v) is 23.7. The number of aromatic nitrogens is 4. The number of para-hydroxylation sites is 4. The Labute approximate surface area is 848 Å². The fraction of sp³-hybridized carbons (Fsp3) is 0.119. The molecule has 0 saturated heterocycles. The number of rotatable bonds is 13. The molecule has 0 bridgehead atoms. The van der Waals surface area contributed by atoms with Gasteiger partial charge in [-0.1, -0.05) is 252 Å². The Kier molecular flexibility index (Phi) is 26.5. The molecule has 0 fully saturated rings. The van der Waals surface area contributed by atoms with E-state index in [0.29, 0.717) is 109 Å². The van der Waals surface area contributed by atoms with Crippen LogP contribution in [-0.4, -0.2) is 45.8 Å². The van der Waals surface area contributed by atoms with Gasteiger partial charge in [0.2, 0.25) is 0 Å². The van der Waals surface area contributed by atoms with Gasteiger partial charge < -0.3 is 42.8 Å². The summed E-state index contributed by atoms with van der Waals surface area (Å²) in [5, 5.41) is 45.9. The highest BCUT2D eigenvalue weighted by molar-refractivity contribution is 8.00. The molecule has 8 aromatic heterocycles. The molecule has 4 N–H and O–H groups in total. The lowest BCUT2D eigenvalue weighted by Gasteiger charge is -2.27. The van der Waals surface area contributed by atoms with Crippen LogP contribution >= 0.6 is 58.6 Å². The Morgan fingerprint density at radius 2 is 0.600 bits per heavy atom. The third-order valence-corrected chi connectivity index (χ3v) is 30.8. The number of nitrogens with zero attached hydrogens (tertiary/aromatic N) is 4. The van der Waals surface area contributed by atoms with Crippen molar-refractivity contribution in [1.29, 1.82) is 0 Å². The summed E-state index contributed by atoms with van der Waals surface area (Å²) in [7, 11) is 1.56. The largest absolute Gasteiger partial charge is 0.505 e. The molecule has 12 aromatic carbocycles. The predicted octanol–water partition coefficient (Wildman–Crippen LogP) is 24.9. The second-order valence-corrected chi connectivity index (χ2v) is 40.0. The van der Waals surface area contributed by atoms with Crippen LogP contribution < -0.4 is 49.5 Å². The number of halogens is 2. The molecule has 0 amide bonds. The molecule has 0 aliphatic heterocycles. The van der Waals surface area contributed by atoms with Crippen molar-refractivity contribution in [3.8, 4) is 96.5 Å². The van der Waals surface area contributed by atoms with E-state index in [0.717, 1.165) is 163 Å². The first-order valence-electron chi connectivity index (χ1n) is 46.9. The van der Waals surface area contributed by atoms with E-state index < -0.39 is 56.3 Å². The number of ether oxygens (including phenoxy) is 1. The van der Waals surface area contributed by atoms with Gasteiger partial charge >= 0.3 is 22.5 Å². The third-order valence-electron chi connectivity index (χ3n) is 26.3. The number of benzene rings is 12. The minimum absolute atomic E-state index is 0.00103.